The molecule has 0 amide bonds. The largest absolute Gasteiger partial charge is 0.300 e. The van der Waals surface area contributed by atoms with Crippen molar-refractivity contribution >= 4 is 5.78 Å². The van der Waals surface area contributed by atoms with Crippen LogP contribution < -0.4 is 4.57 Å². The van der Waals surface area contributed by atoms with E-state index in [1.165, 1.54) is 52.3 Å². The monoisotopic (exact) mass is 383 g/mol. The molecule has 28 heavy (non-hydrogen) atoms. The quantitative estimate of drug-likeness (QED) is 0.368. The van der Waals surface area contributed by atoms with E-state index in [1.807, 2.05) is 0 Å². The molecule has 3 nitrogen and oxygen atoms in total. The van der Waals surface area contributed by atoms with E-state index in [9.17, 15) is 4.79 Å². The maximum atomic E-state index is 11.2. The first-order chi connectivity index (χ1) is 13.3. The van der Waals surface area contributed by atoms with Gasteiger partial charge in [-0.25, -0.2) is 9.13 Å². The maximum absolute atomic E-state index is 11.2. The summed E-state index contributed by atoms with van der Waals surface area (Å²) in [5.74, 6) is 1.67. The Morgan fingerprint density at radius 1 is 0.964 bits per heavy atom. The van der Waals surface area contributed by atoms with E-state index >= 15 is 0 Å². The second kappa shape index (κ2) is 10.0. The van der Waals surface area contributed by atoms with Gasteiger partial charge in [0.1, 0.15) is 17.2 Å². The van der Waals surface area contributed by atoms with Gasteiger partial charge in [0.15, 0.2) is 0 Å². The molecular weight excluding hydrogens is 344 g/mol. The van der Waals surface area contributed by atoms with E-state index < -0.39 is 0 Å². The molecule has 154 valence electrons. The summed E-state index contributed by atoms with van der Waals surface area (Å²) in [5, 5.41) is 0. The number of benzene rings is 1. The molecule has 0 aliphatic heterocycles. The van der Waals surface area contributed by atoms with Crippen molar-refractivity contribution in [3.05, 3.63) is 40.2 Å². The van der Waals surface area contributed by atoms with Gasteiger partial charge in [-0.05, 0) is 64.5 Å². The van der Waals surface area contributed by atoms with Crippen LogP contribution in [-0.4, -0.2) is 10.4 Å². The molecule has 0 spiro atoms. The Morgan fingerprint density at radius 2 is 1.61 bits per heavy atom. The molecule has 1 aromatic carbocycles. The first-order valence-corrected chi connectivity index (χ1v) is 10.9. The lowest BCUT2D eigenvalue weighted by Gasteiger charge is -2.12. The van der Waals surface area contributed by atoms with Crippen molar-refractivity contribution in [1.29, 1.82) is 0 Å². The lowest BCUT2D eigenvalue weighted by Crippen LogP contribution is -2.38. The number of nitrogens with zero attached hydrogens (tertiary/aromatic N) is 2. The summed E-state index contributed by atoms with van der Waals surface area (Å²) in [6, 6.07) is 4.61. The number of hydrogen-bond donors (Lipinski definition) is 0. The molecule has 0 atom stereocenters. The molecule has 0 aliphatic carbocycles. The van der Waals surface area contributed by atoms with Crippen LogP contribution >= 0.6 is 0 Å². The highest BCUT2D eigenvalue weighted by Crippen LogP contribution is 2.29. The van der Waals surface area contributed by atoms with E-state index in [-0.39, 0.29) is 0 Å². The van der Waals surface area contributed by atoms with Gasteiger partial charge in [0.05, 0.1) is 18.7 Å². The molecule has 0 saturated carbocycles. The van der Waals surface area contributed by atoms with Crippen molar-refractivity contribution in [3.63, 3.8) is 0 Å². The summed E-state index contributed by atoms with van der Waals surface area (Å²) in [6.07, 6.45) is 6.34. The fraction of sp³-hybridized carbons (Fsp3) is 0.600. The molecule has 0 N–H and O–H groups in total. The predicted octanol–water partition coefficient (Wildman–Crippen LogP) is 5.93. The van der Waals surface area contributed by atoms with Crippen LogP contribution in [0.15, 0.2) is 12.1 Å². The third-order valence-electron chi connectivity index (χ3n) is 5.89. The van der Waals surface area contributed by atoms with Crippen molar-refractivity contribution in [1.82, 2.24) is 4.57 Å². The SMILES string of the molecule is CCCCn1c(C)c(C)[n+](CCCCCC(C)=O)c1-c1c(C)cc(C)cc1C. The number of aromatic nitrogens is 2. The van der Waals surface area contributed by atoms with Gasteiger partial charge in [0, 0.05) is 20.3 Å². The number of Topliss-reactive ketones (excluding diaryl/α,β-unsaturated/α-hetero) is 1. The molecule has 0 saturated heterocycles. The van der Waals surface area contributed by atoms with Crippen LogP contribution in [0.4, 0.5) is 0 Å². The first kappa shape index (κ1) is 22.4. The second-order valence-corrected chi connectivity index (χ2v) is 8.44. The molecule has 1 heterocycles. The number of unbranched alkanes of at least 4 members (excludes halogenated alkanes) is 3. The Bertz CT molecular complexity index is 807. The normalized spacial score (nSPS) is 11.2. The van der Waals surface area contributed by atoms with Gasteiger partial charge in [-0.2, -0.15) is 0 Å². The van der Waals surface area contributed by atoms with Gasteiger partial charge in [0.25, 0.3) is 5.82 Å². The van der Waals surface area contributed by atoms with Crippen LogP contribution in [0.1, 0.15) is 80.5 Å². The summed E-state index contributed by atoms with van der Waals surface area (Å²) in [6.45, 7) is 17.2. The van der Waals surface area contributed by atoms with Gasteiger partial charge in [-0.15, -0.1) is 0 Å². The minimum atomic E-state index is 0.303. The number of aryl methyl sites for hydroxylation is 3. The van der Waals surface area contributed by atoms with E-state index in [4.69, 9.17) is 0 Å². The lowest BCUT2D eigenvalue weighted by atomic mass is 9.99. The highest BCUT2D eigenvalue weighted by atomic mass is 16.1. The Morgan fingerprint density at radius 3 is 2.18 bits per heavy atom. The molecule has 2 rings (SSSR count). The summed E-state index contributed by atoms with van der Waals surface area (Å²) in [4.78, 5) is 11.2. The van der Waals surface area contributed by atoms with Gasteiger partial charge < -0.3 is 4.79 Å². The zero-order chi connectivity index (χ0) is 20.8. The highest BCUT2D eigenvalue weighted by molar-refractivity contribution is 5.75. The highest BCUT2D eigenvalue weighted by Gasteiger charge is 2.28. The number of carbonyl (C=O) groups excluding carboxylic acids is 1. The number of rotatable bonds is 10. The molecular formula is C25H39N2O+. The zero-order valence-electron chi connectivity index (χ0n) is 19.1. The molecule has 0 bridgehead atoms. The Balaban J connectivity index is 2.46. The fourth-order valence-corrected chi connectivity index (χ4v) is 4.34. The molecule has 0 radical (unpaired) electrons. The van der Waals surface area contributed by atoms with E-state index in [0.717, 1.165) is 32.4 Å². The second-order valence-electron chi connectivity index (χ2n) is 8.44. The minimum Gasteiger partial charge on any atom is -0.300 e. The van der Waals surface area contributed by atoms with Crippen LogP contribution in [0.5, 0.6) is 0 Å². The summed E-state index contributed by atoms with van der Waals surface area (Å²) >= 11 is 0. The van der Waals surface area contributed by atoms with Crippen molar-refractivity contribution in [3.8, 4) is 11.4 Å². The maximum Gasteiger partial charge on any atom is 0.289 e. The van der Waals surface area contributed by atoms with Crippen molar-refractivity contribution in [2.75, 3.05) is 0 Å². The fourth-order valence-electron chi connectivity index (χ4n) is 4.34. The average molecular weight is 384 g/mol. The van der Waals surface area contributed by atoms with E-state index in [2.05, 4.69) is 62.8 Å². The van der Waals surface area contributed by atoms with E-state index in [1.54, 1.807) is 6.92 Å². The summed E-state index contributed by atoms with van der Waals surface area (Å²) in [5.41, 5.74) is 8.19. The third-order valence-corrected chi connectivity index (χ3v) is 5.89. The number of hydrogen-bond acceptors (Lipinski definition) is 1. The molecule has 0 unspecified atom stereocenters. The average Bonchev–Trinajstić information content (AvgIpc) is 2.83. The molecule has 0 aliphatic rings. The summed E-state index contributed by atoms with van der Waals surface area (Å²) < 4.78 is 5.07. The minimum absolute atomic E-state index is 0.303. The Labute approximate surface area is 171 Å². The van der Waals surface area contributed by atoms with Gasteiger partial charge >= 0.3 is 0 Å². The van der Waals surface area contributed by atoms with Crippen molar-refractivity contribution in [2.45, 2.75) is 100 Å². The van der Waals surface area contributed by atoms with Gasteiger partial charge in [-0.1, -0.05) is 31.0 Å². The molecule has 2 aromatic rings. The van der Waals surface area contributed by atoms with E-state index in [0.29, 0.717) is 12.2 Å². The Kier molecular flexibility index (Phi) is 8.03. The van der Waals surface area contributed by atoms with Gasteiger partial charge in [0.2, 0.25) is 0 Å². The van der Waals surface area contributed by atoms with Gasteiger partial charge in [-0.3, -0.25) is 0 Å². The molecule has 0 fully saturated rings. The number of ketones is 1. The van der Waals surface area contributed by atoms with Crippen molar-refractivity contribution < 1.29 is 9.36 Å². The Hall–Kier alpha value is -1.90. The third kappa shape index (κ3) is 5.12. The predicted molar refractivity (Wildman–Crippen MR) is 118 cm³/mol. The van der Waals surface area contributed by atoms with Crippen LogP contribution in [0, 0.1) is 34.6 Å². The van der Waals surface area contributed by atoms with Crippen LogP contribution in [-0.2, 0) is 17.9 Å². The molecule has 3 heteroatoms. The summed E-state index contributed by atoms with van der Waals surface area (Å²) in [7, 11) is 0. The number of carbonyl (C=O) groups is 1. The van der Waals surface area contributed by atoms with Crippen LogP contribution in [0.2, 0.25) is 0 Å². The topological polar surface area (TPSA) is 25.9 Å². The smallest absolute Gasteiger partial charge is 0.289 e. The zero-order valence-corrected chi connectivity index (χ0v) is 19.1. The first-order valence-electron chi connectivity index (χ1n) is 10.9. The van der Waals surface area contributed by atoms with Crippen LogP contribution in [0.3, 0.4) is 0 Å². The molecule has 1 aromatic heterocycles. The van der Waals surface area contributed by atoms with Crippen LogP contribution in [0.25, 0.3) is 11.4 Å². The van der Waals surface area contributed by atoms with Crippen molar-refractivity contribution in [2.24, 2.45) is 0 Å². The lowest BCUT2D eigenvalue weighted by molar-refractivity contribution is -0.691. The standard InChI is InChI=1S/C25H39N2O/c1-8-9-14-26-22(6)23(7)27(15-12-10-11-13-21(5)28)25(26)24-19(3)16-18(2)17-20(24)4/h16-17H,8-15H2,1-7H3/q+1. The number of imidazole rings is 1.